The quantitative estimate of drug-likeness (QED) is 0.418. The Hall–Kier alpha value is -3.95. The normalized spacial score (nSPS) is 14.2. The van der Waals surface area contributed by atoms with E-state index in [1.807, 2.05) is 53.1 Å². The van der Waals surface area contributed by atoms with Crippen LogP contribution in [0.4, 0.5) is 11.6 Å². The van der Waals surface area contributed by atoms with Crippen LogP contribution in [0.15, 0.2) is 67.0 Å². The number of hydrogen-bond acceptors (Lipinski definition) is 7. The van der Waals surface area contributed by atoms with Crippen molar-refractivity contribution in [3.63, 3.8) is 0 Å². The number of nitrogens with zero attached hydrogens (tertiary/aromatic N) is 4. The zero-order valence-electron chi connectivity index (χ0n) is 18.7. The molecule has 3 N–H and O–H groups in total. The van der Waals surface area contributed by atoms with Crippen LogP contribution < -0.4 is 15.8 Å². The molecule has 0 atom stereocenters. The minimum Gasteiger partial charge on any atom is -0.492 e. The molecule has 9 heteroatoms. The molecule has 1 aliphatic rings. The third kappa shape index (κ3) is 4.85. The van der Waals surface area contributed by atoms with Crippen molar-refractivity contribution >= 4 is 28.4 Å². The molecule has 9 nitrogen and oxygen atoms in total. The summed E-state index contributed by atoms with van der Waals surface area (Å²) < 4.78 is 13.1. The highest BCUT2D eigenvalue weighted by Crippen LogP contribution is 2.25. The summed E-state index contributed by atoms with van der Waals surface area (Å²) in [4.78, 5) is 23.2. The van der Waals surface area contributed by atoms with Gasteiger partial charge in [0.25, 0.3) is 5.91 Å². The van der Waals surface area contributed by atoms with Crippen molar-refractivity contribution in [3.05, 3.63) is 72.6 Å². The second-order valence-corrected chi connectivity index (χ2v) is 7.98. The van der Waals surface area contributed by atoms with Gasteiger partial charge in [-0.3, -0.25) is 9.69 Å². The average molecular weight is 459 g/mol. The van der Waals surface area contributed by atoms with Gasteiger partial charge in [-0.25, -0.2) is 4.98 Å². The van der Waals surface area contributed by atoms with Crippen LogP contribution in [0.2, 0.25) is 0 Å². The lowest BCUT2D eigenvalue weighted by atomic mass is 10.2. The van der Waals surface area contributed by atoms with Crippen molar-refractivity contribution in [2.24, 2.45) is 5.73 Å². The van der Waals surface area contributed by atoms with E-state index in [4.69, 9.17) is 15.2 Å². The molecule has 34 heavy (non-hydrogen) atoms. The van der Waals surface area contributed by atoms with Gasteiger partial charge in [0.05, 0.1) is 24.3 Å². The molecular formula is C25H26N6O3. The predicted molar refractivity (Wildman–Crippen MR) is 130 cm³/mol. The van der Waals surface area contributed by atoms with Crippen LogP contribution in [0, 0.1) is 0 Å². The fraction of sp³-hybridized carbons (Fsp3) is 0.240. The Morgan fingerprint density at radius 1 is 1.09 bits per heavy atom. The molecule has 2 aromatic carbocycles. The number of aromatic nitrogens is 3. The smallest absolute Gasteiger partial charge is 0.250 e. The number of hydrogen-bond donors (Lipinski definition) is 2. The van der Waals surface area contributed by atoms with E-state index in [1.165, 1.54) is 0 Å². The van der Waals surface area contributed by atoms with Crippen molar-refractivity contribution in [3.8, 4) is 11.6 Å². The molecule has 0 bridgehead atoms. The fourth-order valence-electron chi connectivity index (χ4n) is 3.99. The number of rotatable bonds is 8. The molecule has 0 saturated carbocycles. The molecule has 174 valence electrons. The summed E-state index contributed by atoms with van der Waals surface area (Å²) in [7, 11) is 0. The molecule has 1 aliphatic heterocycles. The van der Waals surface area contributed by atoms with Gasteiger partial charge < -0.3 is 25.1 Å². The number of para-hydroxylation sites is 1. The molecule has 0 radical (unpaired) electrons. The van der Waals surface area contributed by atoms with Gasteiger partial charge in [-0.15, -0.1) is 0 Å². The summed E-state index contributed by atoms with van der Waals surface area (Å²) in [6, 6.07) is 17.1. The minimum absolute atomic E-state index is 0.442. The number of carbonyl (C=O) groups is 1. The molecule has 1 fully saturated rings. The van der Waals surface area contributed by atoms with Gasteiger partial charge in [-0.1, -0.05) is 18.2 Å². The average Bonchev–Trinajstić information content (AvgIpc) is 3.26. The van der Waals surface area contributed by atoms with Gasteiger partial charge in [-0.2, -0.15) is 4.98 Å². The number of benzene rings is 2. The summed E-state index contributed by atoms with van der Waals surface area (Å²) >= 11 is 0. The van der Waals surface area contributed by atoms with Crippen molar-refractivity contribution in [1.29, 1.82) is 0 Å². The van der Waals surface area contributed by atoms with Crippen molar-refractivity contribution in [2.75, 3.05) is 44.8 Å². The van der Waals surface area contributed by atoms with E-state index < -0.39 is 5.91 Å². The fourth-order valence-corrected chi connectivity index (χ4v) is 3.99. The van der Waals surface area contributed by atoms with Crippen LogP contribution in [0.3, 0.4) is 0 Å². The first-order valence-corrected chi connectivity index (χ1v) is 11.2. The number of anilines is 2. The van der Waals surface area contributed by atoms with Crippen molar-refractivity contribution < 1.29 is 14.3 Å². The number of morpholine rings is 1. The van der Waals surface area contributed by atoms with Crippen LogP contribution in [-0.2, 0) is 4.74 Å². The lowest BCUT2D eigenvalue weighted by Gasteiger charge is -2.26. The van der Waals surface area contributed by atoms with Crippen LogP contribution in [0.25, 0.3) is 16.7 Å². The molecule has 2 aromatic heterocycles. The molecule has 0 unspecified atom stereocenters. The first kappa shape index (κ1) is 21.9. The van der Waals surface area contributed by atoms with Gasteiger partial charge in [0, 0.05) is 43.1 Å². The minimum atomic E-state index is -0.477. The monoisotopic (exact) mass is 458 g/mol. The summed E-state index contributed by atoms with van der Waals surface area (Å²) in [5.74, 6) is 1.40. The van der Waals surface area contributed by atoms with Crippen molar-refractivity contribution in [1.82, 2.24) is 19.4 Å². The van der Waals surface area contributed by atoms with Crippen LogP contribution >= 0.6 is 0 Å². The first-order valence-electron chi connectivity index (χ1n) is 11.2. The highest BCUT2D eigenvalue weighted by atomic mass is 16.5. The number of ether oxygens (including phenoxy) is 2. The van der Waals surface area contributed by atoms with Crippen LogP contribution in [-0.4, -0.2) is 64.8 Å². The molecule has 4 aromatic rings. The number of carbonyl (C=O) groups excluding carboxylic acids is 1. The Kier molecular flexibility index (Phi) is 6.37. The number of fused-ring (bicyclic) bond motifs is 1. The van der Waals surface area contributed by atoms with E-state index in [0.717, 1.165) is 55.2 Å². The maximum absolute atomic E-state index is 11.9. The summed E-state index contributed by atoms with van der Waals surface area (Å²) in [5.41, 5.74) is 7.71. The summed E-state index contributed by atoms with van der Waals surface area (Å²) in [5, 5.41) is 4.01. The zero-order chi connectivity index (χ0) is 23.3. The maximum Gasteiger partial charge on any atom is 0.250 e. The highest BCUT2D eigenvalue weighted by molar-refractivity contribution is 6.06. The summed E-state index contributed by atoms with van der Waals surface area (Å²) in [6.45, 7) is 5.00. The van der Waals surface area contributed by atoms with Crippen molar-refractivity contribution in [2.45, 2.75) is 0 Å². The Balaban J connectivity index is 1.26. The molecule has 0 aliphatic carbocycles. The van der Waals surface area contributed by atoms with Gasteiger partial charge in [-0.05, 0) is 36.4 Å². The third-order valence-electron chi connectivity index (χ3n) is 5.76. The van der Waals surface area contributed by atoms with Crippen LogP contribution in [0.1, 0.15) is 10.4 Å². The third-order valence-corrected chi connectivity index (χ3v) is 5.76. The van der Waals surface area contributed by atoms with E-state index in [0.29, 0.717) is 23.9 Å². The standard InChI is InChI=1S/C25H26N6O3/c26-24(32)21-17-31(22-4-2-1-3-20(21)22)23-9-10-27-25(29-23)28-18-5-7-19(8-6-18)34-16-13-30-11-14-33-15-12-30/h1-10,17H,11-16H2,(H2,26,32)(H,27,28,29). The van der Waals surface area contributed by atoms with Gasteiger partial charge in [0.2, 0.25) is 5.95 Å². The number of nitrogens with one attached hydrogen (secondary N) is 1. The number of primary amides is 1. The second kappa shape index (κ2) is 9.90. The molecule has 5 rings (SSSR count). The number of nitrogens with two attached hydrogens (primary N) is 1. The van der Waals surface area contributed by atoms with E-state index in [9.17, 15) is 4.79 Å². The Labute approximate surface area is 197 Å². The van der Waals surface area contributed by atoms with E-state index in [2.05, 4.69) is 20.2 Å². The molecule has 0 spiro atoms. The Bertz CT molecular complexity index is 1280. The largest absolute Gasteiger partial charge is 0.492 e. The number of amides is 1. The lowest BCUT2D eigenvalue weighted by molar-refractivity contribution is 0.0322. The van der Waals surface area contributed by atoms with Gasteiger partial charge in [0.15, 0.2) is 0 Å². The van der Waals surface area contributed by atoms with E-state index in [-0.39, 0.29) is 0 Å². The highest BCUT2D eigenvalue weighted by Gasteiger charge is 2.14. The molecular weight excluding hydrogens is 432 g/mol. The van der Waals surface area contributed by atoms with E-state index >= 15 is 0 Å². The Morgan fingerprint density at radius 2 is 1.88 bits per heavy atom. The van der Waals surface area contributed by atoms with Crippen LogP contribution in [0.5, 0.6) is 5.75 Å². The lowest BCUT2D eigenvalue weighted by Crippen LogP contribution is -2.38. The van der Waals surface area contributed by atoms with E-state index in [1.54, 1.807) is 18.5 Å². The zero-order valence-corrected chi connectivity index (χ0v) is 18.7. The molecule has 1 amide bonds. The molecule has 3 heterocycles. The topological polar surface area (TPSA) is 108 Å². The predicted octanol–water partition coefficient (Wildman–Crippen LogP) is 2.97. The van der Waals surface area contributed by atoms with Gasteiger partial charge >= 0.3 is 0 Å². The first-order chi connectivity index (χ1) is 16.7. The SMILES string of the molecule is NC(=O)c1cn(-c2ccnc(Nc3ccc(OCCN4CCOCC4)cc3)n2)c2ccccc12. The summed E-state index contributed by atoms with van der Waals surface area (Å²) in [6.07, 6.45) is 3.38. The Morgan fingerprint density at radius 3 is 2.68 bits per heavy atom. The van der Waals surface area contributed by atoms with Gasteiger partial charge in [0.1, 0.15) is 18.2 Å². The maximum atomic E-state index is 11.9. The second-order valence-electron chi connectivity index (χ2n) is 7.98. The molecule has 1 saturated heterocycles.